The van der Waals surface area contributed by atoms with Gasteiger partial charge in [0.2, 0.25) is 0 Å². The van der Waals surface area contributed by atoms with Gasteiger partial charge in [-0.15, -0.1) is 0 Å². The summed E-state index contributed by atoms with van der Waals surface area (Å²) in [5.41, 5.74) is 5.06. The van der Waals surface area contributed by atoms with Gasteiger partial charge in [0.15, 0.2) is 0 Å². The summed E-state index contributed by atoms with van der Waals surface area (Å²) in [5, 5.41) is 3.01. The van der Waals surface area contributed by atoms with Crippen molar-refractivity contribution >= 4 is 42.6 Å². The van der Waals surface area contributed by atoms with E-state index in [9.17, 15) is 13.2 Å². The summed E-state index contributed by atoms with van der Waals surface area (Å²) in [5.74, 6) is -0.655. The fourth-order valence-corrected chi connectivity index (χ4v) is 8.22. The molecule has 6 aromatic carbocycles. The monoisotopic (exact) mass is 661 g/mol. The number of nitrogens with zero attached hydrogens (tertiary/aromatic N) is 1. The SMILES string of the molecule is Cc1cccc2c(-c3c(C(c4ccccc4)c4ccccc4)n(C)c4ccccc34)c(OS(=O)(=O)c3cccc4ccccc34)oc(=O)c12. The molecule has 0 amide bonds. The molecule has 0 radical (unpaired) electrons. The Morgan fingerprint density at radius 3 is 1.92 bits per heavy atom. The maximum atomic E-state index is 14.3. The van der Waals surface area contributed by atoms with E-state index in [-0.39, 0.29) is 16.8 Å². The van der Waals surface area contributed by atoms with Crippen LogP contribution in [0.15, 0.2) is 160 Å². The zero-order chi connectivity index (χ0) is 33.7. The largest absolute Gasteiger partial charge is 0.388 e. The van der Waals surface area contributed by atoms with Gasteiger partial charge in [0.05, 0.1) is 10.9 Å². The molecule has 0 fully saturated rings. The van der Waals surface area contributed by atoms with Crippen LogP contribution >= 0.6 is 0 Å². The van der Waals surface area contributed by atoms with E-state index < -0.39 is 15.7 Å². The summed E-state index contributed by atoms with van der Waals surface area (Å²) in [6, 6.07) is 46.1. The average Bonchev–Trinajstić information content (AvgIpc) is 3.40. The van der Waals surface area contributed by atoms with E-state index in [1.165, 1.54) is 6.07 Å². The molecule has 240 valence electrons. The highest BCUT2D eigenvalue weighted by atomic mass is 32.2. The molecule has 0 saturated carbocycles. The fraction of sp³-hybridized carbons (Fsp3) is 0.0714. The Labute approximate surface area is 283 Å². The Morgan fingerprint density at radius 2 is 1.20 bits per heavy atom. The summed E-state index contributed by atoms with van der Waals surface area (Å²) < 4.78 is 42.6. The van der Waals surface area contributed by atoms with Crippen molar-refractivity contribution in [2.75, 3.05) is 0 Å². The lowest BCUT2D eigenvalue weighted by Gasteiger charge is -2.23. The number of hydrogen-bond donors (Lipinski definition) is 0. The standard InChI is InChI=1S/C42H31NO5S/c1-27-15-13-24-33-36(27)41(44)47-42(48-49(45,46)35-26-14-21-28-16-9-10-22-31(28)35)39(33)38-32-23-11-12-25-34(32)43(2)40(38)37(29-17-5-3-6-18-29)30-19-7-4-8-20-30/h3-26,37H,1-2H3. The van der Waals surface area contributed by atoms with Crippen molar-refractivity contribution in [1.29, 1.82) is 0 Å². The number of benzene rings is 6. The van der Waals surface area contributed by atoms with Gasteiger partial charge in [-0.2, -0.15) is 8.42 Å². The molecule has 0 aliphatic heterocycles. The summed E-state index contributed by atoms with van der Waals surface area (Å²) in [7, 11) is -2.48. The Bertz CT molecular complexity index is 2650. The van der Waals surface area contributed by atoms with Crippen molar-refractivity contribution < 1.29 is 17.0 Å². The summed E-state index contributed by atoms with van der Waals surface area (Å²) >= 11 is 0. The van der Waals surface area contributed by atoms with E-state index in [0.717, 1.165) is 38.7 Å². The number of aromatic nitrogens is 1. The molecular weight excluding hydrogens is 631 g/mol. The second kappa shape index (κ2) is 12.0. The maximum Gasteiger partial charge on any atom is 0.346 e. The third kappa shape index (κ3) is 5.10. The van der Waals surface area contributed by atoms with Gasteiger partial charge in [-0.25, -0.2) is 4.79 Å². The Morgan fingerprint density at radius 1 is 0.633 bits per heavy atom. The van der Waals surface area contributed by atoms with Gasteiger partial charge in [-0.05, 0) is 41.1 Å². The van der Waals surface area contributed by atoms with Crippen LogP contribution in [0.3, 0.4) is 0 Å². The molecule has 49 heavy (non-hydrogen) atoms. The van der Waals surface area contributed by atoms with E-state index in [4.69, 9.17) is 8.60 Å². The fourth-order valence-electron chi connectivity index (χ4n) is 7.11. The molecule has 0 aliphatic rings. The molecule has 7 heteroatoms. The topological polar surface area (TPSA) is 78.5 Å². The quantitative estimate of drug-likeness (QED) is 0.159. The molecule has 2 heterocycles. The minimum absolute atomic E-state index is 0.0203. The summed E-state index contributed by atoms with van der Waals surface area (Å²) in [6.45, 7) is 1.84. The van der Waals surface area contributed by atoms with Gasteiger partial charge in [-0.1, -0.05) is 133 Å². The number of aryl methyl sites for hydroxylation is 2. The zero-order valence-corrected chi connectivity index (χ0v) is 27.6. The first-order chi connectivity index (χ1) is 23.8. The Balaban J connectivity index is 1.49. The first kappa shape index (κ1) is 30.4. The van der Waals surface area contributed by atoms with E-state index in [0.29, 0.717) is 27.3 Å². The van der Waals surface area contributed by atoms with Crippen LogP contribution in [0.5, 0.6) is 5.95 Å². The van der Waals surface area contributed by atoms with Crippen LogP contribution in [0.1, 0.15) is 28.3 Å². The predicted octanol–water partition coefficient (Wildman–Crippen LogP) is 9.36. The second-order valence-electron chi connectivity index (χ2n) is 12.2. The first-order valence-corrected chi connectivity index (χ1v) is 17.4. The Kier molecular flexibility index (Phi) is 7.42. The minimum Gasteiger partial charge on any atom is -0.388 e. The van der Waals surface area contributed by atoms with Crippen molar-refractivity contribution in [2.24, 2.45) is 7.05 Å². The molecule has 8 aromatic rings. The molecule has 8 rings (SSSR count). The van der Waals surface area contributed by atoms with Crippen LogP contribution in [0.4, 0.5) is 0 Å². The van der Waals surface area contributed by atoms with Gasteiger partial charge in [0.25, 0.3) is 0 Å². The first-order valence-electron chi connectivity index (χ1n) is 16.0. The van der Waals surface area contributed by atoms with Crippen LogP contribution in [0.2, 0.25) is 0 Å². The van der Waals surface area contributed by atoms with Crippen LogP contribution in [0.25, 0.3) is 43.6 Å². The molecule has 2 aromatic heterocycles. The number of hydrogen-bond acceptors (Lipinski definition) is 5. The lowest BCUT2D eigenvalue weighted by molar-refractivity contribution is 0.364. The van der Waals surface area contributed by atoms with Gasteiger partial charge < -0.3 is 13.2 Å². The molecule has 0 N–H and O–H groups in total. The highest BCUT2D eigenvalue weighted by Gasteiger charge is 2.33. The van der Waals surface area contributed by atoms with E-state index in [2.05, 4.69) is 28.8 Å². The van der Waals surface area contributed by atoms with E-state index in [1.54, 1.807) is 18.2 Å². The minimum atomic E-state index is -4.49. The van der Waals surface area contributed by atoms with E-state index in [1.807, 2.05) is 111 Å². The molecule has 0 saturated heterocycles. The van der Waals surface area contributed by atoms with Crippen molar-refractivity contribution in [3.63, 3.8) is 0 Å². The van der Waals surface area contributed by atoms with Crippen molar-refractivity contribution in [3.05, 3.63) is 178 Å². The van der Waals surface area contributed by atoms with Gasteiger partial charge in [0, 0.05) is 45.9 Å². The molecule has 0 aliphatic carbocycles. The smallest absolute Gasteiger partial charge is 0.346 e. The Hall–Kier alpha value is -5.92. The number of rotatable bonds is 7. The molecular formula is C42H31NO5S. The third-order valence-corrected chi connectivity index (χ3v) is 10.5. The second-order valence-corrected chi connectivity index (χ2v) is 13.7. The van der Waals surface area contributed by atoms with Gasteiger partial charge >= 0.3 is 21.7 Å². The van der Waals surface area contributed by atoms with Gasteiger partial charge in [-0.3, -0.25) is 0 Å². The van der Waals surface area contributed by atoms with E-state index >= 15 is 0 Å². The maximum absolute atomic E-state index is 14.3. The molecule has 0 spiro atoms. The van der Waals surface area contributed by atoms with Crippen LogP contribution < -0.4 is 9.81 Å². The molecule has 6 nitrogen and oxygen atoms in total. The zero-order valence-electron chi connectivity index (χ0n) is 26.8. The van der Waals surface area contributed by atoms with Crippen molar-refractivity contribution in [1.82, 2.24) is 4.57 Å². The van der Waals surface area contributed by atoms with Crippen molar-refractivity contribution in [2.45, 2.75) is 17.7 Å². The van der Waals surface area contributed by atoms with Gasteiger partial charge in [0.1, 0.15) is 4.90 Å². The lowest BCUT2D eigenvalue weighted by Crippen LogP contribution is -2.15. The van der Waals surface area contributed by atoms with Crippen molar-refractivity contribution in [3.8, 4) is 17.1 Å². The third-order valence-electron chi connectivity index (χ3n) is 9.28. The summed E-state index contributed by atoms with van der Waals surface area (Å²) in [4.78, 5) is 13.7. The normalized spacial score (nSPS) is 11.9. The van der Waals surface area contributed by atoms with Crippen LogP contribution in [0, 0.1) is 6.92 Å². The average molecular weight is 662 g/mol. The lowest BCUT2D eigenvalue weighted by atomic mass is 9.84. The van der Waals surface area contributed by atoms with Crippen LogP contribution in [-0.2, 0) is 17.2 Å². The molecule has 0 atom stereocenters. The molecule has 0 bridgehead atoms. The predicted molar refractivity (Wildman–Crippen MR) is 195 cm³/mol. The number of fused-ring (bicyclic) bond motifs is 3. The van der Waals surface area contributed by atoms with Crippen LogP contribution in [-0.4, -0.2) is 13.0 Å². The highest BCUT2D eigenvalue weighted by Crippen LogP contribution is 2.48. The molecule has 0 unspecified atom stereocenters. The summed E-state index contributed by atoms with van der Waals surface area (Å²) in [6.07, 6.45) is 0. The number of para-hydroxylation sites is 1. The highest BCUT2D eigenvalue weighted by molar-refractivity contribution is 7.87.